The average molecular weight is 342 g/mol. The quantitative estimate of drug-likeness (QED) is 0.758. The van der Waals surface area contributed by atoms with Crippen LogP contribution in [0, 0.1) is 11.3 Å². The zero-order chi connectivity index (χ0) is 14.8. The molecule has 0 atom stereocenters. The Morgan fingerprint density at radius 1 is 1.10 bits per heavy atom. The monoisotopic (exact) mass is 341 g/mol. The van der Waals surface area contributed by atoms with Gasteiger partial charge in [0.25, 0.3) is 0 Å². The predicted octanol–water partition coefficient (Wildman–Crippen LogP) is 5.13. The summed E-state index contributed by atoms with van der Waals surface area (Å²) in [6.07, 6.45) is -4.50. The van der Waals surface area contributed by atoms with E-state index in [1.807, 2.05) is 6.07 Å². The van der Waals surface area contributed by atoms with E-state index in [1.165, 1.54) is 30.3 Å². The zero-order valence-corrected chi connectivity index (χ0v) is 11.5. The molecule has 0 amide bonds. The summed E-state index contributed by atoms with van der Waals surface area (Å²) in [4.78, 5) is 0. The maximum atomic E-state index is 12.8. The van der Waals surface area contributed by atoms with Gasteiger partial charge in [0.05, 0.1) is 17.2 Å². The van der Waals surface area contributed by atoms with Crippen LogP contribution in [0.25, 0.3) is 0 Å². The first kappa shape index (κ1) is 14.4. The third-order valence-electron chi connectivity index (χ3n) is 2.42. The Morgan fingerprint density at radius 3 is 2.45 bits per heavy atom. The van der Waals surface area contributed by atoms with E-state index in [4.69, 9.17) is 10.00 Å². The maximum Gasteiger partial charge on any atom is 0.419 e. The molecule has 0 aliphatic carbocycles. The van der Waals surface area contributed by atoms with Crippen molar-refractivity contribution in [3.8, 4) is 17.6 Å². The van der Waals surface area contributed by atoms with Crippen molar-refractivity contribution in [3.63, 3.8) is 0 Å². The first-order chi connectivity index (χ1) is 9.40. The van der Waals surface area contributed by atoms with Gasteiger partial charge in [-0.2, -0.15) is 18.4 Å². The molecule has 2 aromatic carbocycles. The lowest BCUT2D eigenvalue weighted by molar-refractivity contribution is -0.138. The van der Waals surface area contributed by atoms with E-state index in [0.29, 0.717) is 10.0 Å². The molecule has 0 aromatic heterocycles. The number of rotatable bonds is 2. The number of alkyl halides is 3. The number of para-hydroxylation sites is 1. The van der Waals surface area contributed by atoms with Crippen LogP contribution in [0.1, 0.15) is 11.1 Å². The van der Waals surface area contributed by atoms with Crippen LogP contribution in [0.2, 0.25) is 0 Å². The number of benzene rings is 2. The highest BCUT2D eigenvalue weighted by Gasteiger charge is 2.34. The lowest BCUT2D eigenvalue weighted by atomic mass is 10.2. The SMILES string of the molecule is N#Cc1cc(Br)cc(Oc2ccccc2C(F)(F)F)c1. The van der Waals surface area contributed by atoms with E-state index in [9.17, 15) is 13.2 Å². The van der Waals surface area contributed by atoms with Gasteiger partial charge in [-0.15, -0.1) is 0 Å². The number of ether oxygens (including phenoxy) is 1. The Morgan fingerprint density at radius 2 is 1.80 bits per heavy atom. The van der Waals surface area contributed by atoms with Gasteiger partial charge in [-0.1, -0.05) is 28.1 Å². The molecule has 0 fully saturated rings. The minimum absolute atomic E-state index is 0.160. The van der Waals surface area contributed by atoms with Crippen LogP contribution in [0.4, 0.5) is 13.2 Å². The molecule has 0 radical (unpaired) electrons. The van der Waals surface area contributed by atoms with Gasteiger partial charge in [0.2, 0.25) is 0 Å². The van der Waals surface area contributed by atoms with Gasteiger partial charge in [-0.05, 0) is 30.3 Å². The maximum absolute atomic E-state index is 12.8. The van der Waals surface area contributed by atoms with E-state index < -0.39 is 11.7 Å². The van der Waals surface area contributed by atoms with Gasteiger partial charge in [0.15, 0.2) is 0 Å². The van der Waals surface area contributed by atoms with Crippen LogP contribution in [-0.2, 0) is 6.18 Å². The summed E-state index contributed by atoms with van der Waals surface area (Å²) in [5.74, 6) is -0.144. The largest absolute Gasteiger partial charge is 0.457 e. The number of hydrogen-bond donors (Lipinski definition) is 0. The van der Waals surface area contributed by atoms with E-state index in [1.54, 1.807) is 6.07 Å². The Balaban J connectivity index is 2.41. The van der Waals surface area contributed by atoms with Gasteiger partial charge >= 0.3 is 6.18 Å². The van der Waals surface area contributed by atoms with Crippen LogP contribution in [0.15, 0.2) is 46.9 Å². The van der Waals surface area contributed by atoms with Crippen LogP contribution >= 0.6 is 15.9 Å². The fourth-order valence-electron chi connectivity index (χ4n) is 1.60. The highest BCUT2D eigenvalue weighted by molar-refractivity contribution is 9.10. The normalized spacial score (nSPS) is 10.9. The molecule has 0 saturated heterocycles. The Bertz CT molecular complexity index is 677. The summed E-state index contributed by atoms with van der Waals surface area (Å²) < 4.78 is 44.3. The number of hydrogen-bond acceptors (Lipinski definition) is 2. The van der Waals surface area contributed by atoms with Crippen molar-refractivity contribution < 1.29 is 17.9 Å². The number of nitrogens with zero attached hydrogens (tertiary/aromatic N) is 1. The van der Waals surface area contributed by atoms with Gasteiger partial charge in [0, 0.05) is 4.47 Å². The standard InChI is InChI=1S/C14H7BrF3NO/c15-10-5-9(8-19)6-11(7-10)20-13-4-2-1-3-12(13)14(16,17)18/h1-7H. The Hall–Kier alpha value is -2.00. The fourth-order valence-corrected chi connectivity index (χ4v) is 2.08. The van der Waals surface area contributed by atoms with Gasteiger partial charge in [-0.25, -0.2) is 0 Å². The topological polar surface area (TPSA) is 33.0 Å². The Labute approximate surface area is 121 Å². The second kappa shape index (κ2) is 5.55. The summed E-state index contributed by atoms with van der Waals surface area (Å²) in [5.41, 5.74) is -0.572. The molecule has 102 valence electrons. The van der Waals surface area contributed by atoms with E-state index >= 15 is 0 Å². The second-order valence-corrected chi connectivity index (χ2v) is 4.80. The molecule has 2 rings (SSSR count). The van der Waals surface area contributed by atoms with Crippen LogP contribution in [0.3, 0.4) is 0 Å². The van der Waals surface area contributed by atoms with Gasteiger partial charge in [-0.3, -0.25) is 0 Å². The molecular weight excluding hydrogens is 335 g/mol. The fraction of sp³-hybridized carbons (Fsp3) is 0.0714. The van der Waals surface area contributed by atoms with Crippen molar-refractivity contribution in [2.75, 3.05) is 0 Å². The zero-order valence-electron chi connectivity index (χ0n) is 9.91. The third kappa shape index (κ3) is 3.31. The van der Waals surface area contributed by atoms with Crippen molar-refractivity contribution in [2.45, 2.75) is 6.18 Å². The number of halogens is 4. The highest BCUT2D eigenvalue weighted by atomic mass is 79.9. The van der Waals surface area contributed by atoms with Crippen LogP contribution in [0.5, 0.6) is 11.5 Å². The highest BCUT2D eigenvalue weighted by Crippen LogP contribution is 2.38. The summed E-state index contributed by atoms with van der Waals surface area (Å²) in [5, 5.41) is 8.83. The van der Waals surface area contributed by atoms with E-state index in [0.717, 1.165) is 6.07 Å². The molecule has 6 heteroatoms. The van der Waals surface area contributed by atoms with Crippen molar-refractivity contribution in [1.29, 1.82) is 5.26 Å². The molecule has 2 aromatic rings. The summed E-state index contributed by atoms with van der Waals surface area (Å²) in [6, 6.07) is 11.2. The molecule has 0 N–H and O–H groups in total. The molecular formula is C14H7BrF3NO. The third-order valence-corrected chi connectivity index (χ3v) is 2.88. The summed E-state index contributed by atoms with van der Waals surface area (Å²) in [6.45, 7) is 0. The van der Waals surface area contributed by atoms with Crippen LogP contribution < -0.4 is 4.74 Å². The molecule has 20 heavy (non-hydrogen) atoms. The molecule has 0 unspecified atom stereocenters. The van der Waals surface area contributed by atoms with E-state index in [2.05, 4.69) is 15.9 Å². The Kier molecular flexibility index (Phi) is 4.00. The van der Waals surface area contributed by atoms with Crippen molar-refractivity contribution in [2.24, 2.45) is 0 Å². The molecule has 0 bridgehead atoms. The van der Waals surface area contributed by atoms with Gasteiger partial charge < -0.3 is 4.74 Å². The van der Waals surface area contributed by atoms with E-state index in [-0.39, 0.29) is 11.5 Å². The minimum Gasteiger partial charge on any atom is -0.457 e. The number of nitriles is 1. The lowest BCUT2D eigenvalue weighted by Crippen LogP contribution is -2.06. The molecule has 0 spiro atoms. The smallest absolute Gasteiger partial charge is 0.419 e. The first-order valence-electron chi connectivity index (χ1n) is 5.45. The predicted molar refractivity (Wildman–Crippen MR) is 70.4 cm³/mol. The van der Waals surface area contributed by atoms with Crippen molar-refractivity contribution >= 4 is 15.9 Å². The molecule has 0 saturated carbocycles. The average Bonchev–Trinajstić information content (AvgIpc) is 2.37. The van der Waals surface area contributed by atoms with Crippen LogP contribution in [-0.4, -0.2) is 0 Å². The summed E-state index contributed by atoms with van der Waals surface area (Å²) in [7, 11) is 0. The van der Waals surface area contributed by atoms with Crippen molar-refractivity contribution in [3.05, 3.63) is 58.1 Å². The van der Waals surface area contributed by atoms with Gasteiger partial charge in [0.1, 0.15) is 11.5 Å². The molecule has 0 aliphatic rings. The summed E-state index contributed by atoms with van der Waals surface area (Å²) >= 11 is 3.17. The molecule has 0 aliphatic heterocycles. The lowest BCUT2D eigenvalue weighted by Gasteiger charge is -2.13. The first-order valence-corrected chi connectivity index (χ1v) is 6.24. The molecule has 2 nitrogen and oxygen atoms in total. The molecule has 0 heterocycles. The van der Waals surface area contributed by atoms with Crippen molar-refractivity contribution in [1.82, 2.24) is 0 Å². The minimum atomic E-state index is -4.50. The second-order valence-electron chi connectivity index (χ2n) is 3.88.